The molecule has 0 aliphatic heterocycles. The van der Waals surface area contributed by atoms with Crippen molar-refractivity contribution in [2.24, 2.45) is 17.3 Å². The minimum Gasteiger partial charge on any atom is -0.726 e. The minimum absolute atomic E-state index is 0. The summed E-state index contributed by atoms with van der Waals surface area (Å²) < 4.78 is 114. The number of aryl methyl sites for hydroxylation is 1. The Balaban J connectivity index is 0.00000216. The van der Waals surface area contributed by atoms with E-state index in [9.17, 15) is 38.9 Å². The Labute approximate surface area is 277 Å². The van der Waals surface area contributed by atoms with Crippen LogP contribution in [0.3, 0.4) is 0 Å². The van der Waals surface area contributed by atoms with Crippen molar-refractivity contribution in [1.29, 1.82) is 0 Å². The molecule has 3 aliphatic carbocycles. The van der Waals surface area contributed by atoms with Gasteiger partial charge in [-0.15, -0.1) is 0 Å². The average Bonchev–Trinajstić information content (AvgIpc) is 2.89. The predicted octanol–water partition coefficient (Wildman–Crippen LogP) is -8.31. The Hall–Kier alpha value is 1.67. The molecule has 0 saturated heterocycles. The summed E-state index contributed by atoms with van der Waals surface area (Å²) in [6.07, 6.45) is -0.831. The third-order valence-corrected chi connectivity index (χ3v) is 8.59. The topological polar surface area (TPSA) is 199 Å². The minimum atomic E-state index is -5.20. The standard InChI is InChI=1S/C18H24O12S3.3Na/c1-18-7-6-13-12-5-3-11(28-31(19,20)21)8-10(12)2-4-14(13)15(18)9-16(29-32(22,23)24)17(18)30-33(25,26)27;;;/h3,5,8,13-17H,2,4,6-7,9H2,1H3,(H,19,20,21)(H,22,23,24)(H,25,26,27);;;/q;3*+1/p-3/t13-,14+,15+,16?,17?,18-;;;/m0.../s1. The van der Waals surface area contributed by atoms with Crippen LogP contribution in [0.1, 0.15) is 49.7 Å². The van der Waals surface area contributed by atoms with Crippen LogP contribution in [-0.2, 0) is 46.0 Å². The Morgan fingerprint density at radius 1 is 0.889 bits per heavy atom. The molecule has 3 aliphatic rings. The van der Waals surface area contributed by atoms with Crippen LogP contribution in [0.5, 0.6) is 5.75 Å². The fourth-order valence-electron chi connectivity index (χ4n) is 6.21. The zero-order valence-electron chi connectivity index (χ0n) is 20.3. The second-order valence-corrected chi connectivity index (χ2v) is 12.0. The van der Waals surface area contributed by atoms with Gasteiger partial charge in [-0.2, -0.15) is 0 Å². The van der Waals surface area contributed by atoms with Crippen LogP contribution in [0.2, 0.25) is 0 Å². The molecule has 2 saturated carbocycles. The van der Waals surface area contributed by atoms with E-state index in [1.54, 1.807) is 13.0 Å². The van der Waals surface area contributed by atoms with Crippen LogP contribution < -0.4 is 92.9 Å². The van der Waals surface area contributed by atoms with Crippen molar-refractivity contribution >= 4 is 31.2 Å². The van der Waals surface area contributed by atoms with E-state index in [1.807, 2.05) is 0 Å². The SMILES string of the molecule is C[C@]12CC[C@H]3c4ccc(OS(=O)(=O)[O-])cc4CC[C@H]3[C@H]1CC(OS(=O)(=O)[O-])C2OS(=O)(=O)[O-].[Na+].[Na+].[Na+]. The Bertz CT molecular complexity index is 1270. The normalized spacial score (nSPS) is 31.4. The third-order valence-electron chi connectivity index (χ3n) is 7.27. The van der Waals surface area contributed by atoms with Gasteiger partial charge in [-0.1, -0.05) is 13.0 Å². The number of fused-ring (bicyclic) bond motifs is 5. The monoisotopic (exact) mass is 594 g/mol. The Morgan fingerprint density at radius 3 is 2.06 bits per heavy atom. The molecule has 1 aromatic rings. The molecule has 18 heteroatoms. The van der Waals surface area contributed by atoms with Crippen molar-refractivity contribution in [3.63, 3.8) is 0 Å². The van der Waals surface area contributed by atoms with Crippen LogP contribution in [-0.4, -0.2) is 51.1 Å². The van der Waals surface area contributed by atoms with Gasteiger partial charge in [0.1, 0.15) is 18.0 Å². The fraction of sp³-hybridized carbons (Fsp3) is 0.667. The molecule has 0 N–H and O–H groups in total. The molecular weight excluding hydrogens is 573 g/mol. The summed E-state index contributed by atoms with van der Waals surface area (Å²) >= 11 is 0. The molecule has 2 fully saturated rings. The van der Waals surface area contributed by atoms with Gasteiger partial charge >= 0.3 is 88.7 Å². The van der Waals surface area contributed by atoms with Crippen LogP contribution in [0.4, 0.5) is 0 Å². The van der Waals surface area contributed by atoms with Gasteiger partial charge in [0.25, 0.3) is 10.4 Å². The number of hydrogen-bond acceptors (Lipinski definition) is 12. The molecule has 4 rings (SSSR count). The van der Waals surface area contributed by atoms with Gasteiger partial charge < -0.3 is 17.8 Å². The second-order valence-electron chi connectivity index (χ2n) is 9.02. The Morgan fingerprint density at radius 2 is 1.50 bits per heavy atom. The summed E-state index contributed by atoms with van der Waals surface area (Å²) in [7, 11) is -15.3. The molecule has 36 heavy (non-hydrogen) atoms. The van der Waals surface area contributed by atoms with E-state index < -0.39 is 48.8 Å². The van der Waals surface area contributed by atoms with E-state index in [0.717, 1.165) is 11.1 Å². The van der Waals surface area contributed by atoms with E-state index in [0.29, 0.717) is 25.7 Å². The van der Waals surface area contributed by atoms with Crippen molar-refractivity contribution in [3.05, 3.63) is 29.3 Å². The fourth-order valence-corrected chi connectivity index (χ4v) is 7.63. The maximum atomic E-state index is 11.4. The van der Waals surface area contributed by atoms with Crippen LogP contribution in [0, 0.1) is 17.3 Å². The van der Waals surface area contributed by atoms with Crippen molar-refractivity contribution in [3.8, 4) is 5.75 Å². The average molecular weight is 595 g/mol. The maximum Gasteiger partial charge on any atom is 1.00 e. The first kappa shape index (κ1) is 35.7. The van der Waals surface area contributed by atoms with Crippen molar-refractivity contribution < 1.29 is 140 Å². The van der Waals surface area contributed by atoms with E-state index in [4.69, 9.17) is 4.18 Å². The number of rotatable bonds is 6. The third kappa shape index (κ3) is 8.12. The molecule has 186 valence electrons. The predicted molar refractivity (Wildman–Crippen MR) is 106 cm³/mol. The van der Waals surface area contributed by atoms with E-state index >= 15 is 0 Å². The molecule has 6 atom stereocenters. The van der Waals surface area contributed by atoms with E-state index in [2.05, 4.69) is 8.37 Å². The first-order valence-corrected chi connectivity index (χ1v) is 14.1. The molecule has 2 unspecified atom stereocenters. The van der Waals surface area contributed by atoms with Gasteiger partial charge in [0.15, 0.2) is 0 Å². The molecule has 0 spiro atoms. The van der Waals surface area contributed by atoms with E-state index in [-0.39, 0.29) is 119 Å². The summed E-state index contributed by atoms with van der Waals surface area (Å²) in [4.78, 5) is 0. The van der Waals surface area contributed by atoms with Crippen LogP contribution >= 0.6 is 0 Å². The van der Waals surface area contributed by atoms with Crippen LogP contribution in [0.15, 0.2) is 18.2 Å². The first-order valence-electron chi connectivity index (χ1n) is 10.1. The zero-order valence-corrected chi connectivity index (χ0v) is 28.7. The van der Waals surface area contributed by atoms with Crippen LogP contribution in [0.25, 0.3) is 0 Å². The van der Waals surface area contributed by atoms with Gasteiger partial charge in [-0.05, 0) is 73.1 Å². The van der Waals surface area contributed by atoms with Gasteiger partial charge in [-0.25, -0.2) is 25.3 Å². The molecule has 12 nitrogen and oxygen atoms in total. The van der Waals surface area contributed by atoms with E-state index in [1.165, 1.54) is 12.1 Å². The van der Waals surface area contributed by atoms with Gasteiger partial charge in [0.2, 0.25) is 20.8 Å². The zero-order chi connectivity index (χ0) is 24.4. The van der Waals surface area contributed by atoms with Crippen molar-refractivity contribution in [2.45, 2.75) is 57.2 Å². The molecule has 0 radical (unpaired) electrons. The molecular formula is C18H21Na3O12S3. The molecule has 0 bridgehead atoms. The van der Waals surface area contributed by atoms with Crippen molar-refractivity contribution in [2.75, 3.05) is 0 Å². The summed E-state index contributed by atoms with van der Waals surface area (Å²) in [5, 5.41) is 0. The first-order chi connectivity index (χ1) is 15.1. The quantitative estimate of drug-likeness (QED) is 0.171. The van der Waals surface area contributed by atoms with Gasteiger partial charge in [0.05, 0.1) is 0 Å². The van der Waals surface area contributed by atoms with Gasteiger partial charge in [-0.3, -0.25) is 8.37 Å². The molecule has 0 heterocycles. The Kier molecular flexibility index (Phi) is 12.6. The summed E-state index contributed by atoms with van der Waals surface area (Å²) in [6.45, 7) is 1.70. The largest absolute Gasteiger partial charge is 1.00 e. The second kappa shape index (κ2) is 12.7. The summed E-state index contributed by atoms with van der Waals surface area (Å²) in [5.41, 5.74) is 0.799. The number of benzene rings is 1. The molecule has 0 amide bonds. The molecule has 1 aromatic carbocycles. The summed E-state index contributed by atoms with van der Waals surface area (Å²) in [5.74, 6) is -0.487. The number of hydrogen-bond donors (Lipinski definition) is 0. The summed E-state index contributed by atoms with van der Waals surface area (Å²) in [6, 6.07) is 4.55. The molecule has 0 aromatic heterocycles. The maximum absolute atomic E-state index is 11.4. The van der Waals surface area contributed by atoms with Gasteiger partial charge in [0, 0.05) is 5.41 Å². The van der Waals surface area contributed by atoms with Crippen molar-refractivity contribution in [1.82, 2.24) is 0 Å². The smallest absolute Gasteiger partial charge is 0.726 e.